The number of likely N-dealkylation sites (tertiary alicyclic amines) is 1. The average Bonchev–Trinajstić information content (AvgIpc) is 2.45. The summed E-state index contributed by atoms with van der Waals surface area (Å²) in [5, 5.41) is 2.94. The lowest BCUT2D eigenvalue weighted by molar-refractivity contribution is -0.119. The molecule has 1 aliphatic heterocycles. The van der Waals surface area contributed by atoms with Crippen molar-refractivity contribution in [2.75, 3.05) is 26.7 Å². The second-order valence-corrected chi connectivity index (χ2v) is 7.53. The first-order valence-corrected chi connectivity index (χ1v) is 9.07. The minimum atomic E-state index is 0.0507. The van der Waals surface area contributed by atoms with Gasteiger partial charge in [-0.1, -0.05) is 15.9 Å². The number of methoxy groups -OCH3 is 1. The zero-order chi connectivity index (χ0) is 16.1. The normalized spacial score (nSPS) is 19.0. The predicted molar refractivity (Wildman–Crippen MR) is 95.1 cm³/mol. The summed E-state index contributed by atoms with van der Waals surface area (Å²) in [5.41, 5.74) is 1.17. The van der Waals surface area contributed by atoms with Crippen LogP contribution in [0.15, 0.2) is 21.1 Å². The molecule has 1 heterocycles. The van der Waals surface area contributed by atoms with Crippen molar-refractivity contribution >= 4 is 37.8 Å². The van der Waals surface area contributed by atoms with E-state index in [0.29, 0.717) is 5.92 Å². The summed E-state index contributed by atoms with van der Waals surface area (Å²) in [7, 11) is 1.70. The second-order valence-electron chi connectivity index (χ2n) is 5.76. The van der Waals surface area contributed by atoms with E-state index in [9.17, 15) is 4.79 Å². The molecule has 0 aliphatic carbocycles. The molecule has 1 N–H and O–H groups in total. The van der Waals surface area contributed by atoms with Gasteiger partial charge < -0.3 is 10.1 Å². The molecule has 1 atom stereocenters. The fourth-order valence-electron chi connectivity index (χ4n) is 2.95. The van der Waals surface area contributed by atoms with Crippen molar-refractivity contribution in [3.63, 3.8) is 0 Å². The highest BCUT2D eigenvalue weighted by atomic mass is 79.9. The Bertz CT molecular complexity index is 537. The number of rotatable bonds is 5. The van der Waals surface area contributed by atoms with Crippen LogP contribution in [-0.2, 0) is 11.3 Å². The highest BCUT2D eigenvalue weighted by molar-refractivity contribution is 9.11. The molecule has 0 aromatic heterocycles. The van der Waals surface area contributed by atoms with E-state index in [2.05, 4.69) is 48.1 Å². The summed E-state index contributed by atoms with van der Waals surface area (Å²) in [6, 6.07) is 4.11. The zero-order valence-corrected chi connectivity index (χ0v) is 16.2. The molecule has 1 aromatic rings. The van der Waals surface area contributed by atoms with Crippen LogP contribution in [-0.4, -0.2) is 37.6 Å². The fourth-order valence-corrected chi connectivity index (χ4v) is 4.43. The Morgan fingerprint density at radius 3 is 2.91 bits per heavy atom. The maximum Gasteiger partial charge on any atom is 0.216 e. The molecule has 1 aromatic carbocycles. The van der Waals surface area contributed by atoms with Crippen LogP contribution in [0.3, 0.4) is 0 Å². The maximum atomic E-state index is 11.1. The van der Waals surface area contributed by atoms with Gasteiger partial charge in [0, 0.05) is 36.6 Å². The van der Waals surface area contributed by atoms with Gasteiger partial charge in [-0.05, 0) is 53.4 Å². The Morgan fingerprint density at radius 2 is 2.23 bits per heavy atom. The van der Waals surface area contributed by atoms with Gasteiger partial charge in [0.15, 0.2) is 0 Å². The monoisotopic (exact) mass is 432 g/mol. The largest absolute Gasteiger partial charge is 0.495 e. The summed E-state index contributed by atoms with van der Waals surface area (Å²) in [6.07, 6.45) is 2.35. The minimum Gasteiger partial charge on any atom is -0.495 e. The minimum absolute atomic E-state index is 0.0507. The van der Waals surface area contributed by atoms with Crippen molar-refractivity contribution in [2.45, 2.75) is 26.3 Å². The molecule has 22 heavy (non-hydrogen) atoms. The average molecular weight is 434 g/mol. The van der Waals surface area contributed by atoms with Crippen molar-refractivity contribution in [1.29, 1.82) is 0 Å². The molecule has 1 aliphatic rings. The summed E-state index contributed by atoms with van der Waals surface area (Å²) in [5.74, 6) is 1.47. The van der Waals surface area contributed by atoms with Crippen LogP contribution in [0.4, 0.5) is 0 Å². The number of carbonyl (C=O) groups excluding carboxylic acids is 1. The Morgan fingerprint density at radius 1 is 1.45 bits per heavy atom. The van der Waals surface area contributed by atoms with E-state index >= 15 is 0 Å². The van der Waals surface area contributed by atoms with Gasteiger partial charge in [0.2, 0.25) is 5.91 Å². The number of benzene rings is 1. The molecule has 4 nitrogen and oxygen atoms in total. The number of nitrogens with zero attached hydrogens (tertiary/aromatic N) is 1. The first-order chi connectivity index (χ1) is 10.5. The number of hydrogen-bond acceptors (Lipinski definition) is 3. The van der Waals surface area contributed by atoms with Crippen molar-refractivity contribution in [1.82, 2.24) is 10.2 Å². The summed E-state index contributed by atoms with van der Waals surface area (Å²) in [4.78, 5) is 13.5. The predicted octanol–water partition coefficient (Wildman–Crippen LogP) is 3.57. The molecule has 0 saturated carbocycles. The van der Waals surface area contributed by atoms with Crippen LogP contribution >= 0.6 is 31.9 Å². The molecule has 1 fully saturated rings. The third-order valence-corrected chi connectivity index (χ3v) is 4.97. The summed E-state index contributed by atoms with van der Waals surface area (Å²) >= 11 is 7.10. The third kappa shape index (κ3) is 4.96. The van der Waals surface area contributed by atoms with Crippen LogP contribution in [0.5, 0.6) is 5.75 Å². The molecular formula is C16H22Br2N2O2. The van der Waals surface area contributed by atoms with Gasteiger partial charge in [-0.3, -0.25) is 9.69 Å². The number of nitrogens with one attached hydrogen (secondary N) is 1. The Kier molecular flexibility index (Phi) is 6.71. The van der Waals surface area contributed by atoms with Crippen molar-refractivity contribution < 1.29 is 9.53 Å². The SMILES string of the molecule is COc1c(Br)cc(Br)cc1CN1CCC[C@H](CNC(C)=O)C1. The van der Waals surface area contributed by atoms with Crippen molar-refractivity contribution in [3.8, 4) is 5.75 Å². The van der Waals surface area contributed by atoms with Gasteiger partial charge in [-0.25, -0.2) is 0 Å². The Hall–Kier alpha value is -0.590. The molecular weight excluding hydrogens is 412 g/mol. The first-order valence-electron chi connectivity index (χ1n) is 7.48. The van der Waals surface area contributed by atoms with Crippen LogP contribution in [0.1, 0.15) is 25.3 Å². The van der Waals surface area contributed by atoms with E-state index < -0.39 is 0 Å². The first kappa shape index (κ1) is 17.8. The Balaban J connectivity index is 2.02. The van der Waals surface area contributed by atoms with Crippen LogP contribution in [0.25, 0.3) is 0 Å². The molecule has 1 saturated heterocycles. The molecule has 0 radical (unpaired) electrons. The number of carbonyl (C=O) groups is 1. The molecule has 0 unspecified atom stereocenters. The van der Waals surface area contributed by atoms with Crippen LogP contribution in [0, 0.1) is 5.92 Å². The van der Waals surface area contributed by atoms with E-state index in [-0.39, 0.29) is 5.91 Å². The Labute approximate surface area is 148 Å². The number of ether oxygens (including phenoxy) is 1. The maximum absolute atomic E-state index is 11.1. The van der Waals surface area contributed by atoms with E-state index in [0.717, 1.165) is 40.9 Å². The van der Waals surface area contributed by atoms with Gasteiger partial charge in [0.1, 0.15) is 5.75 Å². The second kappa shape index (κ2) is 8.31. The molecule has 0 bridgehead atoms. The van der Waals surface area contributed by atoms with Crippen LogP contribution < -0.4 is 10.1 Å². The van der Waals surface area contributed by atoms with E-state index in [4.69, 9.17) is 4.74 Å². The number of hydrogen-bond donors (Lipinski definition) is 1. The highest BCUT2D eigenvalue weighted by Gasteiger charge is 2.21. The molecule has 6 heteroatoms. The fraction of sp³-hybridized carbons (Fsp3) is 0.562. The van der Waals surface area contributed by atoms with Gasteiger partial charge in [-0.2, -0.15) is 0 Å². The summed E-state index contributed by atoms with van der Waals surface area (Å²) in [6.45, 7) is 5.30. The third-order valence-electron chi connectivity index (χ3n) is 3.93. The lowest BCUT2D eigenvalue weighted by Crippen LogP contribution is -2.40. The summed E-state index contributed by atoms with van der Waals surface area (Å²) < 4.78 is 7.53. The highest BCUT2D eigenvalue weighted by Crippen LogP contribution is 2.34. The molecule has 2 rings (SSSR count). The van der Waals surface area contributed by atoms with Gasteiger partial charge >= 0.3 is 0 Å². The molecule has 0 spiro atoms. The smallest absolute Gasteiger partial charge is 0.216 e. The van der Waals surface area contributed by atoms with Gasteiger partial charge in [-0.15, -0.1) is 0 Å². The number of halogens is 2. The number of piperidine rings is 1. The topological polar surface area (TPSA) is 41.6 Å². The van der Waals surface area contributed by atoms with Gasteiger partial charge in [0.05, 0.1) is 11.6 Å². The van der Waals surface area contributed by atoms with Crippen molar-refractivity contribution in [2.24, 2.45) is 5.92 Å². The van der Waals surface area contributed by atoms with E-state index in [1.54, 1.807) is 14.0 Å². The van der Waals surface area contributed by atoms with E-state index in [1.165, 1.54) is 18.4 Å². The lowest BCUT2D eigenvalue weighted by atomic mass is 9.97. The lowest BCUT2D eigenvalue weighted by Gasteiger charge is -2.33. The number of amides is 1. The zero-order valence-electron chi connectivity index (χ0n) is 13.0. The quantitative estimate of drug-likeness (QED) is 0.771. The molecule has 1 amide bonds. The van der Waals surface area contributed by atoms with Crippen molar-refractivity contribution in [3.05, 3.63) is 26.6 Å². The standard InChI is InChI=1S/C16H22Br2N2O2/c1-11(21)19-8-12-4-3-5-20(9-12)10-13-6-14(17)7-15(18)16(13)22-2/h6-7,12H,3-5,8-10H2,1-2H3,(H,19,21)/t12-/m1/s1. The van der Waals surface area contributed by atoms with E-state index in [1.807, 2.05) is 6.07 Å². The van der Waals surface area contributed by atoms with Crippen LogP contribution in [0.2, 0.25) is 0 Å². The van der Waals surface area contributed by atoms with Gasteiger partial charge in [0.25, 0.3) is 0 Å². The molecule has 122 valence electrons.